The zero-order chi connectivity index (χ0) is 13.1. The van der Waals surface area contributed by atoms with E-state index in [0.717, 1.165) is 5.56 Å². The summed E-state index contributed by atoms with van der Waals surface area (Å²) in [4.78, 5) is 6.27. The van der Waals surface area contributed by atoms with E-state index in [-0.39, 0.29) is 6.04 Å². The van der Waals surface area contributed by atoms with Crippen molar-refractivity contribution in [1.82, 2.24) is 4.90 Å². The maximum Gasteiger partial charge on any atom is 0.192 e. The number of nitrogens with two attached hydrogens (primary N) is 1. The van der Waals surface area contributed by atoms with Crippen LogP contribution in [0.2, 0.25) is 5.02 Å². The molecule has 18 heavy (non-hydrogen) atoms. The highest BCUT2D eigenvalue weighted by molar-refractivity contribution is 6.32. The molecule has 1 aromatic rings. The second-order valence-corrected chi connectivity index (χ2v) is 4.46. The van der Waals surface area contributed by atoms with Gasteiger partial charge in [0.2, 0.25) is 0 Å². The Morgan fingerprint density at radius 2 is 2.44 bits per heavy atom. The van der Waals surface area contributed by atoms with Gasteiger partial charge in [-0.1, -0.05) is 23.7 Å². The summed E-state index contributed by atoms with van der Waals surface area (Å²) in [5.74, 6) is 1.22. The van der Waals surface area contributed by atoms with E-state index < -0.39 is 0 Å². The van der Waals surface area contributed by atoms with Gasteiger partial charge in [-0.05, 0) is 17.7 Å². The summed E-state index contributed by atoms with van der Waals surface area (Å²) in [6.07, 6.45) is 1.81. The van der Waals surface area contributed by atoms with Crippen molar-refractivity contribution in [2.45, 2.75) is 6.04 Å². The second kappa shape index (κ2) is 5.31. The van der Waals surface area contributed by atoms with Crippen molar-refractivity contribution in [1.29, 1.82) is 0 Å². The standard InChI is InChI=1S/C13H16ClN3O/c1-3-6-17-11(8-16-13(17)15)9-4-5-12(18-2)10(14)7-9/h3-5,7,11H,1,6,8H2,2H3,(H2,15,16). The number of rotatable bonds is 4. The highest BCUT2D eigenvalue weighted by Crippen LogP contribution is 2.31. The van der Waals surface area contributed by atoms with Gasteiger partial charge in [0.05, 0.1) is 24.7 Å². The Kier molecular flexibility index (Phi) is 3.77. The van der Waals surface area contributed by atoms with Crippen LogP contribution in [0.1, 0.15) is 11.6 Å². The Labute approximate surface area is 112 Å². The van der Waals surface area contributed by atoms with E-state index in [9.17, 15) is 0 Å². The number of guanidine groups is 1. The molecular weight excluding hydrogens is 250 g/mol. The minimum Gasteiger partial charge on any atom is -0.495 e. The number of nitrogens with zero attached hydrogens (tertiary/aromatic N) is 2. The van der Waals surface area contributed by atoms with E-state index in [1.54, 1.807) is 7.11 Å². The van der Waals surface area contributed by atoms with Crippen molar-refractivity contribution in [3.8, 4) is 5.75 Å². The summed E-state index contributed by atoms with van der Waals surface area (Å²) in [6.45, 7) is 5.04. The average molecular weight is 266 g/mol. The number of benzene rings is 1. The first-order chi connectivity index (χ1) is 8.67. The van der Waals surface area contributed by atoms with Crippen LogP contribution < -0.4 is 10.5 Å². The van der Waals surface area contributed by atoms with Crippen molar-refractivity contribution in [3.05, 3.63) is 41.4 Å². The zero-order valence-electron chi connectivity index (χ0n) is 10.3. The largest absolute Gasteiger partial charge is 0.495 e. The molecular formula is C13H16ClN3O. The van der Waals surface area contributed by atoms with Crippen LogP contribution >= 0.6 is 11.6 Å². The first kappa shape index (κ1) is 12.8. The van der Waals surface area contributed by atoms with Gasteiger partial charge in [0.25, 0.3) is 0 Å². The van der Waals surface area contributed by atoms with E-state index in [0.29, 0.717) is 29.8 Å². The Morgan fingerprint density at radius 3 is 3.06 bits per heavy atom. The number of hydrogen-bond donors (Lipinski definition) is 1. The fourth-order valence-corrected chi connectivity index (χ4v) is 2.33. The first-order valence-corrected chi connectivity index (χ1v) is 6.06. The van der Waals surface area contributed by atoms with Crippen molar-refractivity contribution < 1.29 is 4.74 Å². The molecule has 0 fully saturated rings. The molecule has 0 aliphatic carbocycles. The van der Waals surface area contributed by atoms with E-state index in [4.69, 9.17) is 22.1 Å². The molecule has 96 valence electrons. The third kappa shape index (κ3) is 2.29. The highest BCUT2D eigenvalue weighted by Gasteiger charge is 2.26. The molecule has 0 saturated carbocycles. The molecule has 0 spiro atoms. The molecule has 1 atom stereocenters. The Bertz CT molecular complexity index is 487. The molecule has 1 aliphatic rings. The summed E-state index contributed by atoms with van der Waals surface area (Å²) in [7, 11) is 1.60. The van der Waals surface area contributed by atoms with Gasteiger partial charge in [-0.2, -0.15) is 0 Å². The molecule has 0 amide bonds. The van der Waals surface area contributed by atoms with E-state index >= 15 is 0 Å². The molecule has 5 heteroatoms. The summed E-state index contributed by atoms with van der Waals surface area (Å²) in [5, 5.41) is 0.596. The minimum absolute atomic E-state index is 0.117. The molecule has 1 aromatic carbocycles. The third-order valence-electron chi connectivity index (χ3n) is 2.98. The average Bonchev–Trinajstić information content (AvgIpc) is 2.72. The van der Waals surface area contributed by atoms with Gasteiger partial charge in [0.15, 0.2) is 5.96 Å². The SMILES string of the molecule is C=CCN1C(N)=NCC1c1ccc(OC)c(Cl)c1. The summed E-state index contributed by atoms with van der Waals surface area (Å²) >= 11 is 6.14. The number of methoxy groups -OCH3 is 1. The fraction of sp³-hybridized carbons (Fsp3) is 0.308. The van der Waals surface area contributed by atoms with Gasteiger partial charge >= 0.3 is 0 Å². The molecule has 0 aromatic heterocycles. The van der Waals surface area contributed by atoms with Gasteiger partial charge in [0.1, 0.15) is 5.75 Å². The van der Waals surface area contributed by atoms with E-state index in [1.807, 2.05) is 29.2 Å². The third-order valence-corrected chi connectivity index (χ3v) is 3.28. The van der Waals surface area contributed by atoms with Crippen molar-refractivity contribution in [2.24, 2.45) is 10.7 Å². The predicted molar refractivity (Wildman–Crippen MR) is 74.1 cm³/mol. The van der Waals surface area contributed by atoms with E-state index in [1.165, 1.54) is 0 Å². The summed E-state index contributed by atoms with van der Waals surface area (Å²) in [5.41, 5.74) is 6.93. The lowest BCUT2D eigenvalue weighted by Crippen LogP contribution is -2.36. The zero-order valence-corrected chi connectivity index (χ0v) is 11.0. The quantitative estimate of drug-likeness (QED) is 0.849. The van der Waals surface area contributed by atoms with Crippen LogP contribution in [0, 0.1) is 0 Å². The van der Waals surface area contributed by atoms with Gasteiger partial charge < -0.3 is 15.4 Å². The Hall–Kier alpha value is -1.68. The van der Waals surface area contributed by atoms with Gasteiger partial charge in [-0.25, -0.2) is 0 Å². The lowest BCUT2D eigenvalue weighted by molar-refractivity contribution is 0.379. The van der Waals surface area contributed by atoms with Crippen LogP contribution in [0.25, 0.3) is 0 Å². The molecule has 1 unspecified atom stereocenters. The molecule has 2 N–H and O–H groups in total. The molecule has 0 bridgehead atoms. The van der Waals surface area contributed by atoms with Crippen LogP contribution in [0.15, 0.2) is 35.8 Å². The normalized spacial score (nSPS) is 18.7. The number of halogens is 1. The van der Waals surface area contributed by atoms with Gasteiger partial charge in [-0.15, -0.1) is 6.58 Å². The second-order valence-electron chi connectivity index (χ2n) is 4.05. The molecule has 4 nitrogen and oxygen atoms in total. The number of aliphatic imine (C=N–C) groups is 1. The lowest BCUT2D eigenvalue weighted by Gasteiger charge is -2.25. The van der Waals surface area contributed by atoms with Crippen LogP contribution in [0.5, 0.6) is 5.75 Å². The summed E-state index contributed by atoms with van der Waals surface area (Å²) in [6, 6.07) is 5.86. The first-order valence-electron chi connectivity index (χ1n) is 5.68. The maximum absolute atomic E-state index is 6.14. The smallest absolute Gasteiger partial charge is 0.192 e. The molecule has 0 radical (unpaired) electrons. The lowest BCUT2D eigenvalue weighted by atomic mass is 10.1. The minimum atomic E-state index is 0.117. The number of ether oxygens (including phenoxy) is 1. The predicted octanol–water partition coefficient (Wildman–Crippen LogP) is 2.21. The van der Waals surface area contributed by atoms with Crippen LogP contribution in [-0.4, -0.2) is 31.1 Å². The molecule has 1 heterocycles. The molecule has 1 aliphatic heterocycles. The van der Waals surface area contributed by atoms with Crippen molar-refractivity contribution >= 4 is 17.6 Å². The van der Waals surface area contributed by atoms with Crippen LogP contribution in [-0.2, 0) is 0 Å². The van der Waals surface area contributed by atoms with Crippen molar-refractivity contribution in [2.75, 3.05) is 20.2 Å². The van der Waals surface area contributed by atoms with Crippen LogP contribution in [0.3, 0.4) is 0 Å². The summed E-state index contributed by atoms with van der Waals surface area (Å²) < 4.78 is 5.14. The van der Waals surface area contributed by atoms with Crippen molar-refractivity contribution in [3.63, 3.8) is 0 Å². The molecule has 2 rings (SSSR count). The Morgan fingerprint density at radius 1 is 1.67 bits per heavy atom. The van der Waals surface area contributed by atoms with E-state index in [2.05, 4.69) is 11.6 Å². The molecule has 0 saturated heterocycles. The monoisotopic (exact) mass is 265 g/mol. The van der Waals surface area contributed by atoms with Crippen LogP contribution in [0.4, 0.5) is 0 Å². The highest BCUT2D eigenvalue weighted by atomic mass is 35.5. The number of hydrogen-bond acceptors (Lipinski definition) is 4. The fourth-order valence-electron chi connectivity index (χ4n) is 2.06. The topological polar surface area (TPSA) is 50.8 Å². The maximum atomic E-state index is 6.14. The Balaban J connectivity index is 2.26. The van der Waals surface area contributed by atoms with Gasteiger partial charge in [0, 0.05) is 6.54 Å². The van der Waals surface area contributed by atoms with Gasteiger partial charge in [-0.3, -0.25) is 4.99 Å².